The summed E-state index contributed by atoms with van der Waals surface area (Å²) < 4.78 is 27.4. The van der Waals surface area contributed by atoms with Crippen LogP contribution in [0.2, 0.25) is 10.0 Å². The van der Waals surface area contributed by atoms with Gasteiger partial charge >= 0.3 is 0 Å². The second-order valence-electron chi connectivity index (χ2n) is 8.93. The Bertz CT molecular complexity index is 1370. The van der Waals surface area contributed by atoms with Crippen molar-refractivity contribution in [2.75, 3.05) is 20.1 Å². The number of sulfonamides is 1. The lowest BCUT2D eigenvalue weighted by Gasteiger charge is -2.33. The van der Waals surface area contributed by atoms with Gasteiger partial charge in [0.1, 0.15) is 6.04 Å². The maximum Gasteiger partial charge on any atom is 0.243 e. The van der Waals surface area contributed by atoms with E-state index in [4.69, 9.17) is 23.2 Å². The van der Waals surface area contributed by atoms with Crippen LogP contribution in [0.15, 0.2) is 77.7 Å². The number of nitrogens with one attached hydrogen (secondary N) is 1. The Hall–Kier alpha value is -2.91. The smallest absolute Gasteiger partial charge is 0.243 e. The van der Waals surface area contributed by atoms with Crippen LogP contribution >= 0.6 is 23.2 Å². The van der Waals surface area contributed by atoms with Gasteiger partial charge in [0.2, 0.25) is 21.8 Å². The lowest BCUT2D eigenvalue weighted by atomic mass is 10.0. The van der Waals surface area contributed by atoms with E-state index in [1.807, 2.05) is 37.3 Å². The van der Waals surface area contributed by atoms with Crippen molar-refractivity contribution in [3.63, 3.8) is 0 Å². The molecule has 0 unspecified atom stereocenters. The van der Waals surface area contributed by atoms with Gasteiger partial charge in [-0.2, -0.15) is 4.31 Å². The molecule has 0 aliphatic rings. The minimum atomic E-state index is -3.94. The first-order valence-electron chi connectivity index (χ1n) is 12.1. The fraction of sp³-hybridized carbons (Fsp3) is 0.286. The number of carbonyl (C=O) groups excluding carboxylic acids is 2. The molecular weight excluding hydrogens is 545 g/mol. The second-order valence-corrected chi connectivity index (χ2v) is 11.8. The van der Waals surface area contributed by atoms with Crippen molar-refractivity contribution < 1.29 is 18.0 Å². The molecule has 0 aliphatic carbocycles. The van der Waals surface area contributed by atoms with Crippen LogP contribution in [0.25, 0.3) is 0 Å². The molecule has 2 amide bonds. The van der Waals surface area contributed by atoms with Crippen LogP contribution < -0.4 is 5.32 Å². The summed E-state index contributed by atoms with van der Waals surface area (Å²) in [6, 6.07) is 19.7. The number of aryl methyl sites for hydroxylation is 1. The molecule has 3 aromatic rings. The number of benzene rings is 3. The molecule has 0 spiro atoms. The van der Waals surface area contributed by atoms with Crippen molar-refractivity contribution in [2.45, 2.75) is 37.8 Å². The lowest BCUT2D eigenvalue weighted by Crippen LogP contribution is -2.53. The molecule has 0 heterocycles. The average Bonchev–Trinajstić information content (AvgIpc) is 2.88. The minimum absolute atomic E-state index is 0.0120. The first kappa shape index (κ1) is 29.6. The number of likely N-dealkylation sites (N-methyl/N-ethyl adjacent to an activating group) is 2. The molecule has 3 rings (SSSR count). The zero-order chi connectivity index (χ0) is 27.9. The predicted octanol–water partition coefficient (Wildman–Crippen LogP) is 4.70. The van der Waals surface area contributed by atoms with Crippen LogP contribution in [0.4, 0.5) is 0 Å². The predicted molar refractivity (Wildman–Crippen MR) is 151 cm³/mol. The minimum Gasteiger partial charge on any atom is -0.355 e. The van der Waals surface area contributed by atoms with Crippen LogP contribution in [0.3, 0.4) is 0 Å². The summed E-state index contributed by atoms with van der Waals surface area (Å²) in [7, 11) is -2.60. The van der Waals surface area contributed by atoms with E-state index in [1.54, 1.807) is 37.3 Å². The van der Waals surface area contributed by atoms with E-state index in [9.17, 15) is 18.0 Å². The van der Waals surface area contributed by atoms with Crippen molar-refractivity contribution in [1.82, 2.24) is 14.5 Å². The number of hydrogen-bond acceptors (Lipinski definition) is 4. The van der Waals surface area contributed by atoms with Gasteiger partial charge in [-0.25, -0.2) is 8.42 Å². The van der Waals surface area contributed by atoms with Gasteiger partial charge in [-0.15, -0.1) is 0 Å². The first-order chi connectivity index (χ1) is 18.0. The molecule has 0 radical (unpaired) electrons. The van der Waals surface area contributed by atoms with E-state index in [1.165, 1.54) is 24.1 Å². The van der Waals surface area contributed by atoms with Crippen LogP contribution in [0.1, 0.15) is 23.6 Å². The Morgan fingerprint density at radius 1 is 0.974 bits per heavy atom. The molecule has 202 valence electrons. The Labute approximate surface area is 234 Å². The summed E-state index contributed by atoms with van der Waals surface area (Å²) in [6.45, 7) is 3.54. The van der Waals surface area contributed by atoms with Gasteiger partial charge in [-0.05, 0) is 49.2 Å². The van der Waals surface area contributed by atoms with Gasteiger partial charge < -0.3 is 10.2 Å². The average molecular weight is 577 g/mol. The Morgan fingerprint density at radius 2 is 1.63 bits per heavy atom. The fourth-order valence-electron chi connectivity index (χ4n) is 3.94. The quantitative estimate of drug-likeness (QED) is 0.359. The summed E-state index contributed by atoms with van der Waals surface area (Å²) in [4.78, 5) is 28.5. The van der Waals surface area contributed by atoms with Gasteiger partial charge in [0.15, 0.2) is 0 Å². The Balaban J connectivity index is 1.98. The van der Waals surface area contributed by atoms with E-state index < -0.39 is 28.5 Å². The molecule has 0 fully saturated rings. The molecule has 7 nitrogen and oxygen atoms in total. The van der Waals surface area contributed by atoms with Crippen LogP contribution in [0, 0.1) is 6.92 Å². The van der Waals surface area contributed by atoms with E-state index in [0.717, 1.165) is 15.4 Å². The number of rotatable bonds is 11. The van der Waals surface area contributed by atoms with Gasteiger partial charge in [0.25, 0.3) is 0 Å². The molecule has 10 heteroatoms. The molecule has 1 atom stereocenters. The van der Waals surface area contributed by atoms with Crippen LogP contribution in [0.5, 0.6) is 0 Å². The van der Waals surface area contributed by atoms with Crippen LogP contribution in [-0.2, 0) is 32.6 Å². The molecule has 38 heavy (non-hydrogen) atoms. The highest BCUT2D eigenvalue weighted by atomic mass is 35.5. The van der Waals surface area contributed by atoms with Crippen molar-refractivity contribution in [1.29, 1.82) is 0 Å². The third-order valence-electron chi connectivity index (χ3n) is 6.06. The number of carbonyl (C=O) groups is 2. The number of nitrogens with zero attached hydrogens (tertiary/aromatic N) is 2. The zero-order valence-corrected chi connectivity index (χ0v) is 23.9. The standard InChI is InChI=1S/C28H31Cl2N3O4S/c1-4-31-28(35)26(16-21-8-6-5-7-9-21)33(18-22-12-13-23(29)17-25(22)30)27(34)19-32(3)38(36,37)24-14-10-20(2)11-15-24/h5-15,17,26H,4,16,18-19H2,1-3H3,(H,31,35)/t26-/m1/s1. The van der Waals surface area contributed by atoms with Gasteiger partial charge in [0, 0.05) is 36.6 Å². The highest BCUT2D eigenvalue weighted by Gasteiger charge is 2.33. The van der Waals surface area contributed by atoms with E-state index in [-0.39, 0.29) is 23.8 Å². The third kappa shape index (κ3) is 7.57. The van der Waals surface area contributed by atoms with Crippen LogP contribution in [-0.4, -0.2) is 55.6 Å². The molecular formula is C28H31Cl2N3O4S. The second kappa shape index (κ2) is 13.2. The Morgan fingerprint density at radius 3 is 2.24 bits per heavy atom. The zero-order valence-electron chi connectivity index (χ0n) is 21.5. The summed E-state index contributed by atoms with van der Waals surface area (Å²) in [6.07, 6.45) is 0.234. The van der Waals surface area contributed by atoms with Crippen molar-refractivity contribution in [2.24, 2.45) is 0 Å². The molecule has 3 aromatic carbocycles. The molecule has 0 aromatic heterocycles. The summed E-state index contributed by atoms with van der Waals surface area (Å²) in [5.41, 5.74) is 2.35. The van der Waals surface area contributed by atoms with Gasteiger partial charge in [-0.1, -0.05) is 77.3 Å². The van der Waals surface area contributed by atoms with E-state index >= 15 is 0 Å². The molecule has 0 saturated carbocycles. The maximum atomic E-state index is 13.8. The maximum absolute atomic E-state index is 13.8. The van der Waals surface area contributed by atoms with Crippen molar-refractivity contribution in [3.05, 3.63) is 99.5 Å². The monoisotopic (exact) mass is 575 g/mol. The topological polar surface area (TPSA) is 86.8 Å². The highest BCUT2D eigenvalue weighted by molar-refractivity contribution is 7.89. The number of halogens is 2. The fourth-order valence-corrected chi connectivity index (χ4v) is 5.52. The van der Waals surface area contributed by atoms with E-state index in [0.29, 0.717) is 22.2 Å². The SMILES string of the molecule is CCNC(=O)[C@@H](Cc1ccccc1)N(Cc1ccc(Cl)cc1Cl)C(=O)CN(C)S(=O)(=O)c1ccc(C)cc1. The highest BCUT2D eigenvalue weighted by Crippen LogP contribution is 2.25. The number of amides is 2. The largest absolute Gasteiger partial charge is 0.355 e. The normalized spacial score (nSPS) is 12.3. The summed E-state index contributed by atoms with van der Waals surface area (Å²) in [5.74, 6) is -0.889. The number of hydrogen-bond donors (Lipinski definition) is 1. The first-order valence-corrected chi connectivity index (χ1v) is 14.3. The molecule has 1 N–H and O–H groups in total. The third-order valence-corrected chi connectivity index (χ3v) is 8.47. The Kier molecular flexibility index (Phi) is 10.3. The van der Waals surface area contributed by atoms with Crippen molar-refractivity contribution >= 4 is 45.0 Å². The molecule has 0 aliphatic heterocycles. The van der Waals surface area contributed by atoms with Gasteiger partial charge in [-0.3, -0.25) is 9.59 Å². The van der Waals surface area contributed by atoms with Crippen molar-refractivity contribution in [3.8, 4) is 0 Å². The lowest BCUT2D eigenvalue weighted by molar-refractivity contribution is -0.141. The summed E-state index contributed by atoms with van der Waals surface area (Å²) in [5, 5.41) is 3.58. The summed E-state index contributed by atoms with van der Waals surface area (Å²) >= 11 is 12.5. The van der Waals surface area contributed by atoms with E-state index in [2.05, 4.69) is 5.32 Å². The molecule has 0 bridgehead atoms. The molecule has 0 saturated heterocycles. The van der Waals surface area contributed by atoms with Gasteiger partial charge in [0.05, 0.1) is 11.4 Å².